The molecular formula is C7H13N3O. The molecule has 1 atom stereocenters. The van der Waals surface area contributed by atoms with Crippen LogP contribution in [0.1, 0.15) is 23.9 Å². The first-order valence-electron chi connectivity index (χ1n) is 3.62. The third-order valence-electron chi connectivity index (χ3n) is 1.55. The lowest BCUT2D eigenvalue weighted by Gasteiger charge is -2.03. The monoisotopic (exact) mass is 155 g/mol. The van der Waals surface area contributed by atoms with Crippen molar-refractivity contribution in [3.8, 4) is 0 Å². The topological polar surface area (TPSA) is 74.9 Å². The Morgan fingerprint density at radius 2 is 2.55 bits per heavy atom. The van der Waals surface area contributed by atoms with Crippen LogP contribution in [-0.2, 0) is 0 Å². The zero-order chi connectivity index (χ0) is 8.27. The summed E-state index contributed by atoms with van der Waals surface area (Å²) in [5.74, 6) is 0. The number of aliphatic hydroxyl groups excluding tert-OH is 1. The van der Waals surface area contributed by atoms with Gasteiger partial charge in [-0.15, -0.1) is 0 Å². The van der Waals surface area contributed by atoms with Gasteiger partial charge in [-0.05, 0) is 19.4 Å². The summed E-state index contributed by atoms with van der Waals surface area (Å²) in [5, 5.41) is 15.4. The molecule has 0 spiro atoms. The van der Waals surface area contributed by atoms with Crippen molar-refractivity contribution >= 4 is 0 Å². The van der Waals surface area contributed by atoms with E-state index < -0.39 is 0 Å². The molecule has 1 unspecified atom stereocenters. The summed E-state index contributed by atoms with van der Waals surface area (Å²) in [6, 6.07) is 1.74. The Morgan fingerprint density at radius 1 is 1.82 bits per heavy atom. The second kappa shape index (κ2) is 3.50. The van der Waals surface area contributed by atoms with Gasteiger partial charge in [-0.3, -0.25) is 5.10 Å². The van der Waals surface area contributed by atoms with E-state index in [-0.39, 0.29) is 12.6 Å². The normalized spacial score (nSPS) is 13.4. The number of nitrogens with zero attached hydrogens (tertiary/aromatic N) is 1. The lowest BCUT2D eigenvalue weighted by Crippen LogP contribution is -2.12. The van der Waals surface area contributed by atoms with Gasteiger partial charge in [0.15, 0.2) is 0 Å². The molecule has 0 bridgehead atoms. The fourth-order valence-corrected chi connectivity index (χ4v) is 0.916. The van der Waals surface area contributed by atoms with E-state index in [1.165, 1.54) is 0 Å². The Labute approximate surface area is 65.4 Å². The van der Waals surface area contributed by atoms with Crippen LogP contribution in [-0.4, -0.2) is 21.9 Å². The average Bonchev–Trinajstić information content (AvgIpc) is 2.36. The van der Waals surface area contributed by atoms with Gasteiger partial charge in [0.25, 0.3) is 0 Å². The van der Waals surface area contributed by atoms with Crippen molar-refractivity contribution in [2.24, 2.45) is 5.73 Å². The quantitative estimate of drug-likeness (QED) is 0.579. The van der Waals surface area contributed by atoms with E-state index in [1.807, 2.05) is 13.0 Å². The first kappa shape index (κ1) is 8.23. The number of hydrogen-bond acceptors (Lipinski definition) is 3. The molecule has 1 aromatic heterocycles. The van der Waals surface area contributed by atoms with E-state index in [9.17, 15) is 0 Å². The van der Waals surface area contributed by atoms with E-state index >= 15 is 0 Å². The maximum Gasteiger partial charge on any atom is 0.0792 e. The van der Waals surface area contributed by atoms with Gasteiger partial charge in [-0.1, -0.05) is 0 Å². The Kier molecular flexibility index (Phi) is 2.62. The molecule has 0 radical (unpaired) electrons. The van der Waals surface area contributed by atoms with Gasteiger partial charge < -0.3 is 10.8 Å². The largest absolute Gasteiger partial charge is 0.396 e. The number of aryl methyl sites for hydroxylation is 1. The molecule has 0 saturated carbocycles. The van der Waals surface area contributed by atoms with Crippen LogP contribution in [0.25, 0.3) is 0 Å². The van der Waals surface area contributed by atoms with Crippen LogP contribution in [0.4, 0.5) is 0 Å². The van der Waals surface area contributed by atoms with Gasteiger partial charge in [-0.2, -0.15) is 5.10 Å². The number of H-pyrrole nitrogens is 1. The molecule has 0 aliphatic heterocycles. The number of aliphatic hydroxyl groups is 1. The minimum atomic E-state index is -0.148. The molecule has 0 aromatic carbocycles. The van der Waals surface area contributed by atoms with E-state index in [2.05, 4.69) is 10.2 Å². The highest BCUT2D eigenvalue weighted by Crippen LogP contribution is 2.10. The molecule has 4 N–H and O–H groups in total. The van der Waals surface area contributed by atoms with Gasteiger partial charge in [0.2, 0.25) is 0 Å². The van der Waals surface area contributed by atoms with Crippen molar-refractivity contribution < 1.29 is 5.11 Å². The van der Waals surface area contributed by atoms with Gasteiger partial charge in [-0.25, -0.2) is 0 Å². The van der Waals surface area contributed by atoms with Crippen molar-refractivity contribution in [1.82, 2.24) is 10.2 Å². The van der Waals surface area contributed by atoms with E-state index in [4.69, 9.17) is 10.8 Å². The van der Waals surface area contributed by atoms with Gasteiger partial charge in [0.1, 0.15) is 0 Å². The fraction of sp³-hybridized carbons (Fsp3) is 0.571. The van der Waals surface area contributed by atoms with Gasteiger partial charge >= 0.3 is 0 Å². The Hall–Kier alpha value is -0.870. The average molecular weight is 155 g/mol. The highest BCUT2D eigenvalue weighted by Gasteiger charge is 2.07. The fourth-order valence-electron chi connectivity index (χ4n) is 0.916. The van der Waals surface area contributed by atoms with Crippen molar-refractivity contribution in [3.63, 3.8) is 0 Å². The number of aromatic amines is 1. The van der Waals surface area contributed by atoms with E-state index in [1.54, 1.807) is 0 Å². The third kappa shape index (κ3) is 2.03. The molecule has 62 valence electrons. The molecule has 11 heavy (non-hydrogen) atoms. The molecule has 1 aromatic rings. The van der Waals surface area contributed by atoms with Crippen LogP contribution in [0.5, 0.6) is 0 Å². The van der Waals surface area contributed by atoms with Crippen LogP contribution >= 0.6 is 0 Å². The van der Waals surface area contributed by atoms with Crippen LogP contribution in [0.15, 0.2) is 6.07 Å². The predicted octanol–water partition coefficient (Wildman–Crippen LogP) is 0.100. The van der Waals surface area contributed by atoms with Crippen molar-refractivity contribution in [1.29, 1.82) is 0 Å². The second-order valence-corrected chi connectivity index (χ2v) is 2.59. The summed E-state index contributed by atoms with van der Waals surface area (Å²) in [6.45, 7) is 2.02. The molecule has 1 rings (SSSR count). The highest BCUT2D eigenvalue weighted by molar-refractivity contribution is 5.10. The Morgan fingerprint density at radius 3 is 3.00 bits per heavy atom. The number of nitrogens with two attached hydrogens (primary N) is 1. The molecule has 0 aliphatic carbocycles. The smallest absolute Gasteiger partial charge is 0.0792 e. The highest BCUT2D eigenvalue weighted by atomic mass is 16.3. The minimum Gasteiger partial charge on any atom is -0.396 e. The zero-order valence-electron chi connectivity index (χ0n) is 6.54. The SMILES string of the molecule is Cc1cc(C(N)CCO)n[nH]1. The molecule has 0 amide bonds. The van der Waals surface area contributed by atoms with Crippen molar-refractivity contribution in [2.75, 3.05) is 6.61 Å². The number of rotatable bonds is 3. The van der Waals surface area contributed by atoms with Crippen LogP contribution < -0.4 is 5.73 Å². The summed E-state index contributed by atoms with van der Waals surface area (Å²) in [5.41, 5.74) is 7.49. The number of aromatic nitrogens is 2. The summed E-state index contributed by atoms with van der Waals surface area (Å²) in [4.78, 5) is 0. The summed E-state index contributed by atoms with van der Waals surface area (Å²) in [6.07, 6.45) is 0.560. The van der Waals surface area contributed by atoms with E-state index in [0.29, 0.717) is 6.42 Å². The summed E-state index contributed by atoms with van der Waals surface area (Å²) in [7, 11) is 0. The van der Waals surface area contributed by atoms with Crippen LogP contribution in [0.3, 0.4) is 0 Å². The predicted molar refractivity (Wildman–Crippen MR) is 42.0 cm³/mol. The lowest BCUT2D eigenvalue weighted by molar-refractivity contribution is 0.275. The third-order valence-corrected chi connectivity index (χ3v) is 1.55. The molecular weight excluding hydrogens is 142 g/mol. The lowest BCUT2D eigenvalue weighted by atomic mass is 10.1. The minimum absolute atomic E-state index is 0.104. The van der Waals surface area contributed by atoms with Crippen LogP contribution in [0.2, 0.25) is 0 Å². The molecule has 0 saturated heterocycles. The van der Waals surface area contributed by atoms with Gasteiger partial charge in [0.05, 0.1) is 11.7 Å². The van der Waals surface area contributed by atoms with Crippen molar-refractivity contribution in [2.45, 2.75) is 19.4 Å². The molecule has 0 aliphatic rings. The molecule has 0 fully saturated rings. The molecule has 4 heteroatoms. The van der Waals surface area contributed by atoms with Crippen LogP contribution in [0, 0.1) is 6.92 Å². The second-order valence-electron chi connectivity index (χ2n) is 2.59. The standard InChI is InChI=1S/C7H13N3O/c1-5-4-7(10-9-5)6(8)2-3-11/h4,6,11H,2-3,8H2,1H3,(H,9,10). The number of hydrogen-bond donors (Lipinski definition) is 3. The summed E-state index contributed by atoms with van der Waals surface area (Å²) >= 11 is 0. The van der Waals surface area contributed by atoms with E-state index in [0.717, 1.165) is 11.4 Å². The number of nitrogens with one attached hydrogen (secondary N) is 1. The van der Waals surface area contributed by atoms with Gasteiger partial charge in [0, 0.05) is 12.3 Å². The first-order chi connectivity index (χ1) is 5.24. The maximum absolute atomic E-state index is 8.59. The Bertz CT molecular complexity index is 221. The molecule has 4 nitrogen and oxygen atoms in total. The Balaban J connectivity index is 2.60. The zero-order valence-corrected chi connectivity index (χ0v) is 6.54. The maximum atomic E-state index is 8.59. The first-order valence-corrected chi connectivity index (χ1v) is 3.62. The summed E-state index contributed by atoms with van der Waals surface area (Å²) < 4.78 is 0. The molecule has 1 heterocycles. The van der Waals surface area contributed by atoms with Crippen molar-refractivity contribution in [3.05, 3.63) is 17.5 Å².